The quantitative estimate of drug-likeness (QED) is 0.517. The second-order valence-electron chi connectivity index (χ2n) is 9.57. The Labute approximate surface area is 228 Å². The summed E-state index contributed by atoms with van der Waals surface area (Å²) in [6.45, 7) is 7.92. The summed E-state index contributed by atoms with van der Waals surface area (Å²) >= 11 is 0. The molecule has 0 saturated carbocycles. The Hall–Kier alpha value is -3.92. The molecule has 39 heavy (non-hydrogen) atoms. The molecule has 9 nitrogen and oxygen atoms in total. The molecule has 3 amide bonds. The summed E-state index contributed by atoms with van der Waals surface area (Å²) in [5.41, 5.74) is 1.86. The highest BCUT2D eigenvalue weighted by Gasteiger charge is 2.39. The van der Waals surface area contributed by atoms with E-state index in [1.54, 1.807) is 50.4 Å². The van der Waals surface area contributed by atoms with Crippen LogP contribution in [0.4, 0.5) is 9.18 Å². The first kappa shape index (κ1) is 28.1. The molecule has 0 unspecified atom stereocenters. The van der Waals surface area contributed by atoms with Crippen molar-refractivity contribution >= 4 is 17.9 Å². The molecule has 2 aliphatic rings. The molecule has 2 aromatic rings. The minimum Gasteiger partial charge on any atom is -0.497 e. The number of nitrogens with zero attached hydrogens (tertiary/aromatic N) is 3. The third-order valence-electron chi connectivity index (χ3n) is 7.11. The highest BCUT2D eigenvalue weighted by molar-refractivity contribution is 5.95. The van der Waals surface area contributed by atoms with E-state index in [9.17, 15) is 18.8 Å². The second kappa shape index (κ2) is 12.3. The molecule has 1 N–H and O–H groups in total. The van der Waals surface area contributed by atoms with Gasteiger partial charge in [-0.15, -0.1) is 0 Å². The molecule has 2 heterocycles. The van der Waals surface area contributed by atoms with Gasteiger partial charge < -0.3 is 19.7 Å². The van der Waals surface area contributed by atoms with Gasteiger partial charge in [0.25, 0.3) is 5.91 Å². The Bertz CT molecular complexity index is 1250. The van der Waals surface area contributed by atoms with Gasteiger partial charge in [0.05, 0.1) is 25.3 Å². The van der Waals surface area contributed by atoms with Crippen LogP contribution in [0.25, 0.3) is 0 Å². The molecule has 208 valence electrons. The number of rotatable bonds is 8. The number of hydrogen-bond donors (Lipinski definition) is 1. The van der Waals surface area contributed by atoms with Crippen molar-refractivity contribution < 1.29 is 28.2 Å². The van der Waals surface area contributed by atoms with E-state index in [4.69, 9.17) is 9.47 Å². The number of likely N-dealkylation sites (N-methyl/N-ethyl adjacent to an activating group) is 1. The van der Waals surface area contributed by atoms with Gasteiger partial charge in [-0.2, -0.15) is 0 Å². The third kappa shape index (κ3) is 6.06. The van der Waals surface area contributed by atoms with Crippen LogP contribution < -0.4 is 10.1 Å². The van der Waals surface area contributed by atoms with E-state index >= 15 is 0 Å². The zero-order valence-corrected chi connectivity index (χ0v) is 22.8. The molecule has 2 aromatic carbocycles. The number of urea groups is 1. The Morgan fingerprint density at radius 2 is 1.85 bits per heavy atom. The number of nitrogens with one attached hydrogen (secondary N) is 1. The Balaban J connectivity index is 1.61. The van der Waals surface area contributed by atoms with Crippen LogP contribution in [0.15, 0.2) is 59.8 Å². The summed E-state index contributed by atoms with van der Waals surface area (Å²) < 4.78 is 24.7. The monoisotopic (exact) mass is 538 g/mol. The SMILES string of the molecule is CCOC(=O)C1=C(CN2CCN(C(=O)c3ccc(OC)cc3)[C@H](C)C2)N(CC)C(=O)N[C@H]1c1cccc(F)c1. The van der Waals surface area contributed by atoms with E-state index in [-0.39, 0.29) is 30.2 Å². The van der Waals surface area contributed by atoms with Crippen molar-refractivity contribution in [1.29, 1.82) is 0 Å². The van der Waals surface area contributed by atoms with Gasteiger partial charge in [0, 0.05) is 50.0 Å². The number of methoxy groups -OCH3 is 1. The summed E-state index contributed by atoms with van der Waals surface area (Å²) in [5, 5.41) is 2.86. The lowest BCUT2D eigenvalue weighted by atomic mass is 9.94. The highest BCUT2D eigenvalue weighted by atomic mass is 19.1. The number of carbonyl (C=O) groups is 3. The van der Waals surface area contributed by atoms with Gasteiger partial charge >= 0.3 is 12.0 Å². The van der Waals surface area contributed by atoms with Gasteiger partial charge in [0.15, 0.2) is 0 Å². The molecule has 0 aromatic heterocycles. The number of piperazine rings is 1. The number of ether oxygens (including phenoxy) is 2. The van der Waals surface area contributed by atoms with Crippen molar-refractivity contribution in [3.63, 3.8) is 0 Å². The largest absolute Gasteiger partial charge is 0.497 e. The first-order valence-corrected chi connectivity index (χ1v) is 13.2. The Morgan fingerprint density at radius 3 is 2.46 bits per heavy atom. The Morgan fingerprint density at radius 1 is 1.10 bits per heavy atom. The molecule has 2 atom stereocenters. The van der Waals surface area contributed by atoms with Crippen molar-refractivity contribution in [2.45, 2.75) is 32.9 Å². The van der Waals surface area contributed by atoms with E-state index < -0.39 is 17.8 Å². The summed E-state index contributed by atoms with van der Waals surface area (Å²) in [6, 6.07) is 11.6. The zero-order chi connectivity index (χ0) is 28.1. The molecule has 10 heteroatoms. The Kier molecular flexibility index (Phi) is 8.86. The van der Waals surface area contributed by atoms with Gasteiger partial charge in [0.1, 0.15) is 11.6 Å². The van der Waals surface area contributed by atoms with E-state index in [1.165, 1.54) is 17.0 Å². The highest BCUT2D eigenvalue weighted by Crippen LogP contribution is 2.33. The number of halogens is 1. The fourth-order valence-electron chi connectivity index (χ4n) is 5.18. The maximum Gasteiger partial charge on any atom is 0.338 e. The summed E-state index contributed by atoms with van der Waals surface area (Å²) in [6.07, 6.45) is 0. The summed E-state index contributed by atoms with van der Waals surface area (Å²) in [4.78, 5) is 45.1. The predicted molar refractivity (Wildman–Crippen MR) is 144 cm³/mol. The maximum atomic E-state index is 14.1. The van der Waals surface area contributed by atoms with Crippen LogP contribution >= 0.6 is 0 Å². The lowest BCUT2D eigenvalue weighted by Gasteiger charge is -2.43. The van der Waals surface area contributed by atoms with Gasteiger partial charge in [-0.25, -0.2) is 14.0 Å². The van der Waals surface area contributed by atoms with E-state index in [2.05, 4.69) is 10.2 Å². The first-order valence-electron chi connectivity index (χ1n) is 13.2. The molecule has 1 fully saturated rings. The normalized spacial score (nSPS) is 20.1. The smallest absolute Gasteiger partial charge is 0.338 e. The van der Waals surface area contributed by atoms with Crippen molar-refractivity contribution in [2.24, 2.45) is 0 Å². The molecular weight excluding hydrogens is 503 g/mol. The first-order chi connectivity index (χ1) is 18.8. The second-order valence-corrected chi connectivity index (χ2v) is 9.57. The molecular formula is C29H35FN4O5. The number of esters is 1. The number of benzene rings is 2. The minimum absolute atomic E-state index is 0.0605. The molecule has 1 saturated heterocycles. The third-order valence-corrected chi connectivity index (χ3v) is 7.11. The van der Waals surface area contributed by atoms with E-state index in [0.29, 0.717) is 55.3 Å². The average Bonchev–Trinajstić information content (AvgIpc) is 2.93. The van der Waals surface area contributed by atoms with Crippen molar-refractivity contribution in [1.82, 2.24) is 20.0 Å². The minimum atomic E-state index is -0.847. The molecule has 0 radical (unpaired) electrons. The maximum absolute atomic E-state index is 14.1. The van der Waals surface area contributed by atoms with Gasteiger partial charge in [-0.1, -0.05) is 12.1 Å². The summed E-state index contributed by atoms with van der Waals surface area (Å²) in [7, 11) is 1.58. The number of hydrogen-bond acceptors (Lipinski definition) is 6. The van der Waals surface area contributed by atoms with Crippen LogP contribution in [0, 0.1) is 5.82 Å². The van der Waals surface area contributed by atoms with Crippen LogP contribution in [-0.2, 0) is 9.53 Å². The standard InChI is InChI=1S/C29H35FN4O5/c1-5-33-24(25(28(36)39-6-2)26(31-29(33)37)21-8-7-9-22(30)16-21)18-32-14-15-34(19(3)17-32)27(35)20-10-12-23(38-4)13-11-20/h7-13,16,19,26H,5-6,14-15,17-18H2,1-4H3,(H,31,37)/t19-,26+/m1/s1. The fraction of sp³-hybridized carbons (Fsp3) is 0.414. The van der Waals surface area contributed by atoms with Crippen LogP contribution in [0.3, 0.4) is 0 Å². The lowest BCUT2D eigenvalue weighted by molar-refractivity contribution is -0.139. The number of carbonyl (C=O) groups excluding carboxylic acids is 3. The summed E-state index contributed by atoms with van der Waals surface area (Å²) in [5.74, 6) is -0.393. The molecule has 4 rings (SSSR count). The molecule has 0 bridgehead atoms. The van der Waals surface area contributed by atoms with Crippen LogP contribution in [0.5, 0.6) is 5.75 Å². The predicted octanol–water partition coefficient (Wildman–Crippen LogP) is 3.58. The van der Waals surface area contributed by atoms with Crippen LogP contribution in [0.2, 0.25) is 0 Å². The fourth-order valence-corrected chi connectivity index (χ4v) is 5.18. The van der Waals surface area contributed by atoms with E-state index in [0.717, 1.165) is 0 Å². The molecule has 0 aliphatic carbocycles. The van der Waals surface area contributed by atoms with Crippen molar-refractivity contribution in [3.8, 4) is 5.75 Å². The van der Waals surface area contributed by atoms with Gasteiger partial charge in [-0.3, -0.25) is 14.6 Å². The van der Waals surface area contributed by atoms with E-state index in [1.807, 2.05) is 18.7 Å². The zero-order valence-electron chi connectivity index (χ0n) is 22.8. The van der Waals surface area contributed by atoms with Crippen molar-refractivity contribution in [3.05, 3.63) is 76.7 Å². The molecule has 0 spiro atoms. The van der Waals surface area contributed by atoms with Gasteiger partial charge in [0.2, 0.25) is 0 Å². The van der Waals surface area contributed by atoms with Crippen LogP contribution in [0.1, 0.15) is 42.7 Å². The molecule has 2 aliphatic heterocycles. The van der Waals surface area contributed by atoms with Crippen LogP contribution in [-0.4, -0.2) is 85.1 Å². The topological polar surface area (TPSA) is 91.4 Å². The van der Waals surface area contributed by atoms with Crippen molar-refractivity contribution in [2.75, 3.05) is 46.4 Å². The average molecular weight is 539 g/mol. The lowest BCUT2D eigenvalue weighted by Crippen LogP contribution is -2.56. The number of amides is 3. The van der Waals surface area contributed by atoms with Gasteiger partial charge in [-0.05, 0) is 62.7 Å².